The molecule has 4 aromatic rings. The van der Waals surface area contributed by atoms with Crippen molar-refractivity contribution in [3.05, 3.63) is 64.8 Å². The molecule has 0 radical (unpaired) electrons. The summed E-state index contributed by atoms with van der Waals surface area (Å²) >= 11 is 0. The van der Waals surface area contributed by atoms with Gasteiger partial charge in [-0.1, -0.05) is 37.3 Å². The van der Waals surface area contributed by atoms with E-state index in [0.717, 1.165) is 16.8 Å². The Hall–Kier alpha value is -4.30. The van der Waals surface area contributed by atoms with Crippen LogP contribution in [0.25, 0.3) is 17.0 Å². The van der Waals surface area contributed by atoms with Gasteiger partial charge in [0.2, 0.25) is 5.65 Å². The molecule has 2 heterocycles. The molecule has 0 aliphatic rings. The van der Waals surface area contributed by atoms with Crippen LogP contribution in [-0.2, 0) is 6.42 Å². The van der Waals surface area contributed by atoms with Gasteiger partial charge in [0.05, 0.1) is 22.5 Å². The summed E-state index contributed by atoms with van der Waals surface area (Å²) < 4.78 is 1.80. The maximum absolute atomic E-state index is 9.25. The third kappa shape index (κ3) is 3.13. The van der Waals surface area contributed by atoms with Crippen LogP contribution in [0.5, 0.6) is 0 Å². The van der Waals surface area contributed by atoms with E-state index in [1.165, 1.54) is 0 Å². The number of nitrogens with zero attached hydrogens (tertiary/aromatic N) is 7. The maximum atomic E-state index is 9.25. The Labute approximate surface area is 166 Å². The number of H-pyrrole nitrogens is 1. The third-order valence-corrected chi connectivity index (χ3v) is 4.63. The lowest BCUT2D eigenvalue weighted by molar-refractivity contribution is 0.900. The molecular weight excluding hydrogens is 364 g/mol. The molecule has 1 N–H and O–H groups in total. The van der Waals surface area contributed by atoms with E-state index in [9.17, 15) is 5.26 Å². The van der Waals surface area contributed by atoms with E-state index in [1.807, 2.05) is 56.3 Å². The number of aromatic amines is 1. The summed E-state index contributed by atoms with van der Waals surface area (Å²) in [6, 6.07) is 17.0. The highest BCUT2D eigenvalue weighted by Gasteiger charge is 2.17. The van der Waals surface area contributed by atoms with E-state index in [-0.39, 0.29) is 5.56 Å². The Balaban J connectivity index is 1.80. The van der Waals surface area contributed by atoms with E-state index in [0.29, 0.717) is 34.8 Å². The molecule has 4 rings (SSSR count). The van der Waals surface area contributed by atoms with Gasteiger partial charge >= 0.3 is 0 Å². The molecule has 2 aromatic carbocycles. The van der Waals surface area contributed by atoms with Gasteiger partial charge in [0.1, 0.15) is 12.1 Å². The average Bonchev–Trinajstić information content (AvgIpc) is 3.32. The number of azo groups is 1. The van der Waals surface area contributed by atoms with Gasteiger partial charge in [-0.2, -0.15) is 15.6 Å². The minimum Gasteiger partial charge on any atom is -0.293 e. The van der Waals surface area contributed by atoms with E-state index in [4.69, 9.17) is 5.26 Å². The first-order valence-electron chi connectivity index (χ1n) is 9.04. The number of benzene rings is 2. The summed E-state index contributed by atoms with van der Waals surface area (Å²) in [7, 11) is 0. The minimum absolute atomic E-state index is 0.274. The first-order chi connectivity index (χ1) is 14.2. The zero-order valence-electron chi connectivity index (χ0n) is 15.9. The molecule has 0 bridgehead atoms. The van der Waals surface area contributed by atoms with Crippen molar-refractivity contribution in [1.82, 2.24) is 19.8 Å². The van der Waals surface area contributed by atoms with Crippen LogP contribution in [0, 0.1) is 29.6 Å². The molecule has 0 aliphatic carbocycles. The van der Waals surface area contributed by atoms with Gasteiger partial charge in [0, 0.05) is 5.56 Å². The predicted octanol–water partition coefficient (Wildman–Crippen LogP) is 4.75. The van der Waals surface area contributed by atoms with Gasteiger partial charge in [0.25, 0.3) is 0 Å². The molecular formula is C21H16N8. The summed E-state index contributed by atoms with van der Waals surface area (Å²) in [6.07, 6.45) is 0.710. The number of nitrogens with one attached hydrogen (secondary N) is 1. The number of nitriles is 2. The van der Waals surface area contributed by atoms with Crippen molar-refractivity contribution in [2.75, 3.05) is 0 Å². The number of fused-ring (bicyclic) bond motifs is 1. The molecule has 0 atom stereocenters. The molecule has 0 amide bonds. The Morgan fingerprint density at radius 2 is 1.76 bits per heavy atom. The summed E-state index contributed by atoms with van der Waals surface area (Å²) in [5.74, 6) is 0.693. The largest absolute Gasteiger partial charge is 0.293 e. The summed E-state index contributed by atoms with van der Waals surface area (Å²) in [4.78, 5) is 0. The monoisotopic (exact) mass is 380 g/mol. The molecule has 0 fully saturated rings. The Morgan fingerprint density at radius 1 is 1.03 bits per heavy atom. The third-order valence-electron chi connectivity index (χ3n) is 4.63. The summed E-state index contributed by atoms with van der Waals surface area (Å²) in [5.41, 5.74) is 4.89. The first-order valence-corrected chi connectivity index (χ1v) is 9.04. The van der Waals surface area contributed by atoms with Gasteiger partial charge in [0.15, 0.2) is 11.5 Å². The van der Waals surface area contributed by atoms with Crippen LogP contribution in [0.1, 0.15) is 29.3 Å². The van der Waals surface area contributed by atoms with Crippen LogP contribution < -0.4 is 0 Å². The van der Waals surface area contributed by atoms with Crippen molar-refractivity contribution in [2.24, 2.45) is 10.2 Å². The zero-order chi connectivity index (χ0) is 20.4. The van der Waals surface area contributed by atoms with Crippen LogP contribution in [0.3, 0.4) is 0 Å². The molecule has 0 spiro atoms. The van der Waals surface area contributed by atoms with Crippen LogP contribution in [-0.4, -0.2) is 19.8 Å². The van der Waals surface area contributed by atoms with Crippen molar-refractivity contribution in [3.8, 4) is 23.5 Å². The standard InChI is InChI=1S/C21H16N8/c1-3-17-19(25-24-18-10-16(12-23)15(11-22)9-13(18)2)21-27-26-20(29(21)28-17)14-7-5-4-6-8-14/h4-10,28H,3H2,1-2H3. The highest BCUT2D eigenvalue weighted by Crippen LogP contribution is 2.31. The van der Waals surface area contributed by atoms with Crippen LogP contribution in [0.2, 0.25) is 0 Å². The van der Waals surface area contributed by atoms with Crippen molar-refractivity contribution in [2.45, 2.75) is 20.3 Å². The average molecular weight is 380 g/mol. The van der Waals surface area contributed by atoms with Crippen LogP contribution >= 0.6 is 0 Å². The van der Waals surface area contributed by atoms with Crippen LogP contribution in [0.15, 0.2) is 52.7 Å². The van der Waals surface area contributed by atoms with Gasteiger partial charge < -0.3 is 0 Å². The lowest BCUT2D eigenvalue weighted by Crippen LogP contribution is -1.91. The SMILES string of the molecule is CCc1[nH]n2c(-c3ccccc3)nnc2c1N=Nc1cc(C#N)c(C#N)cc1C. The van der Waals surface area contributed by atoms with Crippen molar-refractivity contribution >= 4 is 17.0 Å². The molecule has 8 nitrogen and oxygen atoms in total. The highest BCUT2D eigenvalue weighted by atomic mass is 15.4. The smallest absolute Gasteiger partial charge is 0.205 e. The molecule has 0 saturated carbocycles. The maximum Gasteiger partial charge on any atom is 0.205 e. The lowest BCUT2D eigenvalue weighted by atomic mass is 10.0. The Morgan fingerprint density at radius 3 is 2.45 bits per heavy atom. The number of aromatic nitrogens is 4. The van der Waals surface area contributed by atoms with Crippen molar-refractivity contribution in [3.63, 3.8) is 0 Å². The number of hydrogen-bond donors (Lipinski definition) is 1. The Kier molecular flexibility index (Phi) is 4.60. The van der Waals surface area contributed by atoms with Gasteiger partial charge in [-0.15, -0.1) is 15.3 Å². The quantitative estimate of drug-likeness (QED) is 0.514. The summed E-state index contributed by atoms with van der Waals surface area (Å²) in [6.45, 7) is 3.84. The molecule has 29 heavy (non-hydrogen) atoms. The van der Waals surface area contributed by atoms with E-state index in [2.05, 4.69) is 25.5 Å². The first kappa shape index (κ1) is 18.1. The highest BCUT2D eigenvalue weighted by molar-refractivity contribution is 5.71. The predicted molar refractivity (Wildman–Crippen MR) is 107 cm³/mol. The normalized spacial score (nSPS) is 11.0. The molecule has 0 unspecified atom stereocenters. The molecule has 2 aromatic heterocycles. The second-order valence-corrected chi connectivity index (χ2v) is 6.45. The molecule has 0 saturated heterocycles. The fourth-order valence-corrected chi connectivity index (χ4v) is 3.09. The fraction of sp³-hybridized carbons (Fsp3) is 0.143. The lowest BCUT2D eigenvalue weighted by Gasteiger charge is -2.01. The Bertz CT molecular complexity index is 1310. The number of hydrogen-bond acceptors (Lipinski definition) is 6. The molecule has 8 heteroatoms. The fourth-order valence-electron chi connectivity index (χ4n) is 3.09. The summed E-state index contributed by atoms with van der Waals surface area (Å²) in [5, 5.41) is 39.0. The molecule has 0 aliphatic heterocycles. The number of rotatable bonds is 4. The minimum atomic E-state index is 0.274. The second-order valence-electron chi connectivity index (χ2n) is 6.45. The number of aryl methyl sites for hydroxylation is 2. The van der Waals surface area contributed by atoms with Gasteiger partial charge in [-0.05, 0) is 31.0 Å². The van der Waals surface area contributed by atoms with E-state index in [1.54, 1.807) is 16.6 Å². The van der Waals surface area contributed by atoms with Crippen LogP contribution in [0.4, 0.5) is 11.4 Å². The van der Waals surface area contributed by atoms with Crippen molar-refractivity contribution in [1.29, 1.82) is 10.5 Å². The van der Waals surface area contributed by atoms with Gasteiger partial charge in [-0.25, -0.2) is 4.52 Å². The second kappa shape index (κ2) is 7.37. The zero-order valence-corrected chi connectivity index (χ0v) is 15.9. The van der Waals surface area contributed by atoms with E-state index < -0.39 is 0 Å². The van der Waals surface area contributed by atoms with E-state index >= 15 is 0 Å². The molecule has 140 valence electrons. The van der Waals surface area contributed by atoms with Crippen molar-refractivity contribution < 1.29 is 0 Å². The topological polar surface area (TPSA) is 118 Å². The van der Waals surface area contributed by atoms with Gasteiger partial charge in [-0.3, -0.25) is 5.10 Å².